The Labute approximate surface area is 90.2 Å². The maximum atomic E-state index is 13.6. The zero-order chi connectivity index (χ0) is 11.4. The number of hydrogen-bond donors (Lipinski definition) is 1. The van der Waals surface area contributed by atoms with Gasteiger partial charge < -0.3 is 10.5 Å². The molecule has 0 spiro atoms. The molecule has 0 radical (unpaired) electrons. The fourth-order valence-electron chi connectivity index (χ4n) is 1.34. The van der Waals surface area contributed by atoms with Crippen molar-refractivity contribution in [1.82, 2.24) is 0 Å². The lowest BCUT2D eigenvalue weighted by molar-refractivity contribution is 0.0677. The van der Waals surface area contributed by atoms with Crippen LogP contribution in [0, 0.1) is 12.7 Å². The van der Waals surface area contributed by atoms with Crippen molar-refractivity contribution in [1.29, 1.82) is 0 Å². The van der Waals surface area contributed by atoms with Gasteiger partial charge in [0, 0.05) is 5.56 Å². The quantitative estimate of drug-likeness (QED) is 0.830. The fraction of sp³-hybridized carbons (Fsp3) is 0.500. The SMILES string of the molecule is Cc1cccc(C(N)COC(C)C)c1F. The monoisotopic (exact) mass is 211 g/mol. The number of benzene rings is 1. The minimum Gasteiger partial charge on any atom is -0.377 e. The van der Waals surface area contributed by atoms with Crippen LogP contribution >= 0.6 is 0 Å². The molecule has 0 fully saturated rings. The first-order valence-corrected chi connectivity index (χ1v) is 5.14. The van der Waals surface area contributed by atoms with Crippen LogP contribution in [0.25, 0.3) is 0 Å². The van der Waals surface area contributed by atoms with Crippen LogP contribution in [0.15, 0.2) is 18.2 Å². The van der Waals surface area contributed by atoms with Gasteiger partial charge in [-0.2, -0.15) is 0 Å². The van der Waals surface area contributed by atoms with Gasteiger partial charge in [0.25, 0.3) is 0 Å². The van der Waals surface area contributed by atoms with Crippen LogP contribution in [-0.4, -0.2) is 12.7 Å². The summed E-state index contributed by atoms with van der Waals surface area (Å²) in [6.45, 7) is 5.94. The summed E-state index contributed by atoms with van der Waals surface area (Å²) in [5, 5.41) is 0. The Kier molecular flexibility index (Phi) is 4.24. The summed E-state index contributed by atoms with van der Waals surface area (Å²) >= 11 is 0. The smallest absolute Gasteiger partial charge is 0.130 e. The molecule has 0 heterocycles. The molecule has 0 bridgehead atoms. The van der Waals surface area contributed by atoms with E-state index in [4.69, 9.17) is 10.5 Å². The topological polar surface area (TPSA) is 35.2 Å². The second-order valence-electron chi connectivity index (χ2n) is 3.97. The molecule has 1 aromatic carbocycles. The van der Waals surface area contributed by atoms with E-state index in [1.807, 2.05) is 19.9 Å². The molecule has 0 saturated carbocycles. The van der Waals surface area contributed by atoms with Gasteiger partial charge in [-0.05, 0) is 26.3 Å². The lowest BCUT2D eigenvalue weighted by Gasteiger charge is -2.16. The molecular formula is C12H18FNO. The number of ether oxygens (including phenoxy) is 1. The summed E-state index contributed by atoms with van der Waals surface area (Å²) in [5.41, 5.74) is 6.99. The van der Waals surface area contributed by atoms with E-state index in [1.54, 1.807) is 19.1 Å². The second-order valence-corrected chi connectivity index (χ2v) is 3.97. The highest BCUT2D eigenvalue weighted by molar-refractivity contribution is 5.27. The van der Waals surface area contributed by atoms with Gasteiger partial charge in [-0.3, -0.25) is 0 Å². The molecule has 2 N–H and O–H groups in total. The van der Waals surface area contributed by atoms with E-state index in [2.05, 4.69) is 0 Å². The highest BCUT2D eigenvalue weighted by Gasteiger charge is 2.13. The molecule has 0 aromatic heterocycles. The minimum absolute atomic E-state index is 0.115. The van der Waals surface area contributed by atoms with Crippen molar-refractivity contribution >= 4 is 0 Å². The Bertz CT molecular complexity index is 325. The van der Waals surface area contributed by atoms with E-state index in [1.165, 1.54) is 0 Å². The molecule has 1 unspecified atom stereocenters. The van der Waals surface area contributed by atoms with Crippen molar-refractivity contribution in [2.24, 2.45) is 5.73 Å². The van der Waals surface area contributed by atoms with E-state index in [0.29, 0.717) is 17.7 Å². The van der Waals surface area contributed by atoms with Crippen LogP contribution in [0.1, 0.15) is 31.0 Å². The molecule has 15 heavy (non-hydrogen) atoms. The third kappa shape index (κ3) is 3.29. The van der Waals surface area contributed by atoms with Crippen LogP contribution in [0.3, 0.4) is 0 Å². The average molecular weight is 211 g/mol. The van der Waals surface area contributed by atoms with Crippen molar-refractivity contribution in [2.75, 3.05) is 6.61 Å². The molecule has 0 aliphatic rings. The van der Waals surface area contributed by atoms with Crippen LogP contribution in [0.5, 0.6) is 0 Å². The molecule has 0 amide bonds. The summed E-state index contributed by atoms with van der Waals surface area (Å²) in [6.07, 6.45) is 0.115. The molecule has 1 atom stereocenters. The van der Waals surface area contributed by atoms with E-state index in [-0.39, 0.29) is 11.9 Å². The summed E-state index contributed by atoms with van der Waals surface area (Å²) in [5.74, 6) is -0.225. The third-order valence-electron chi connectivity index (χ3n) is 2.23. The summed E-state index contributed by atoms with van der Waals surface area (Å²) in [6, 6.07) is 4.85. The van der Waals surface area contributed by atoms with Crippen molar-refractivity contribution in [2.45, 2.75) is 32.9 Å². The normalized spacial score (nSPS) is 13.2. The van der Waals surface area contributed by atoms with E-state index in [0.717, 1.165) is 0 Å². The Morgan fingerprint density at radius 2 is 2.07 bits per heavy atom. The molecule has 2 nitrogen and oxygen atoms in total. The highest BCUT2D eigenvalue weighted by Crippen LogP contribution is 2.18. The lowest BCUT2D eigenvalue weighted by Crippen LogP contribution is -2.21. The number of aryl methyl sites for hydroxylation is 1. The van der Waals surface area contributed by atoms with Crippen LogP contribution < -0.4 is 5.73 Å². The van der Waals surface area contributed by atoms with Crippen molar-refractivity contribution in [3.8, 4) is 0 Å². The van der Waals surface area contributed by atoms with Crippen LogP contribution in [0.4, 0.5) is 4.39 Å². The standard InChI is InChI=1S/C12H18FNO/c1-8(2)15-7-11(14)10-6-4-5-9(3)12(10)13/h4-6,8,11H,7,14H2,1-3H3. The summed E-state index contributed by atoms with van der Waals surface area (Å²) in [7, 11) is 0. The molecule has 0 saturated heterocycles. The molecule has 1 aromatic rings. The van der Waals surface area contributed by atoms with Gasteiger partial charge in [0.1, 0.15) is 5.82 Å². The summed E-state index contributed by atoms with van der Waals surface area (Å²) < 4.78 is 19.0. The number of rotatable bonds is 4. The van der Waals surface area contributed by atoms with Crippen molar-refractivity contribution in [3.63, 3.8) is 0 Å². The molecule has 0 aliphatic heterocycles. The molecular weight excluding hydrogens is 193 g/mol. The third-order valence-corrected chi connectivity index (χ3v) is 2.23. The Balaban J connectivity index is 2.73. The van der Waals surface area contributed by atoms with Gasteiger partial charge in [-0.25, -0.2) is 4.39 Å². The van der Waals surface area contributed by atoms with Gasteiger partial charge in [0.15, 0.2) is 0 Å². The Morgan fingerprint density at radius 1 is 1.40 bits per heavy atom. The number of halogens is 1. The number of hydrogen-bond acceptors (Lipinski definition) is 2. The van der Waals surface area contributed by atoms with Crippen LogP contribution in [0.2, 0.25) is 0 Å². The first kappa shape index (κ1) is 12.1. The van der Waals surface area contributed by atoms with E-state index < -0.39 is 6.04 Å². The second kappa shape index (κ2) is 5.24. The maximum absolute atomic E-state index is 13.6. The van der Waals surface area contributed by atoms with Gasteiger partial charge in [-0.15, -0.1) is 0 Å². The average Bonchev–Trinajstić information content (AvgIpc) is 2.18. The predicted octanol–water partition coefficient (Wildman–Crippen LogP) is 2.56. The number of nitrogens with two attached hydrogens (primary N) is 1. The highest BCUT2D eigenvalue weighted by atomic mass is 19.1. The predicted molar refractivity (Wildman–Crippen MR) is 59.2 cm³/mol. The van der Waals surface area contributed by atoms with Gasteiger partial charge in [-0.1, -0.05) is 18.2 Å². The molecule has 84 valence electrons. The molecule has 3 heteroatoms. The minimum atomic E-state index is -0.396. The van der Waals surface area contributed by atoms with E-state index >= 15 is 0 Å². The first-order chi connectivity index (χ1) is 7.02. The van der Waals surface area contributed by atoms with Gasteiger partial charge >= 0.3 is 0 Å². The van der Waals surface area contributed by atoms with Crippen molar-refractivity contribution < 1.29 is 9.13 Å². The Hall–Kier alpha value is -0.930. The van der Waals surface area contributed by atoms with E-state index in [9.17, 15) is 4.39 Å². The van der Waals surface area contributed by atoms with Crippen molar-refractivity contribution in [3.05, 3.63) is 35.1 Å². The van der Waals surface area contributed by atoms with Gasteiger partial charge in [0.2, 0.25) is 0 Å². The molecule has 0 aliphatic carbocycles. The zero-order valence-corrected chi connectivity index (χ0v) is 9.46. The zero-order valence-electron chi connectivity index (χ0n) is 9.46. The summed E-state index contributed by atoms with van der Waals surface area (Å²) in [4.78, 5) is 0. The van der Waals surface area contributed by atoms with Gasteiger partial charge in [0.05, 0.1) is 18.8 Å². The molecule has 1 rings (SSSR count). The lowest BCUT2D eigenvalue weighted by atomic mass is 10.0. The maximum Gasteiger partial charge on any atom is 0.130 e. The fourth-order valence-corrected chi connectivity index (χ4v) is 1.34. The first-order valence-electron chi connectivity index (χ1n) is 5.14. The Morgan fingerprint density at radius 3 is 2.67 bits per heavy atom. The van der Waals surface area contributed by atoms with Crippen LogP contribution in [-0.2, 0) is 4.74 Å². The largest absolute Gasteiger partial charge is 0.377 e.